The fraction of sp³-hybridized carbons (Fsp3) is 0.192. The summed E-state index contributed by atoms with van der Waals surface area (Å²) in [5, 5.41) is 7.80. The number of aromatic nitrogens is 3. The Morgan fingerprint density at radius 3 is 2.52 bits per heavy atom. The number of anilines is 1. The van der Waals surface area contributed by atoms with Crippen LogP contribution in [-0.2, 0) is 0 Å². The molecule has 1 aromatic carbocycles. The molecule has 0 saturated carbocycles. The largest absolute Gasteiger partial charge is 0.385 e. The Bertz CT molecular complexity index is 1180. The molecule has 166 valence electrons. The van der Waals surface area contributed by atoms with Gasteiger partial charge in [0, 0.05) is 54.9 Å². The third kappa shape index (κ3) is 4.59. The van der Waals surface area contributed by atoms with E-state index in [1.807, 2.05) is 61.1 Å². The number of hydrogen-bond donors (Lipinski definition) is 2. The Kier molecular flexibility index (Phi) is 6.30. The quantitative estimate of drug-likeness (QED) is 0.296. The van der Waals surface area contributed by atoms with Gasteiger partial charge in [0.05, 0.1) is 17.8 Å². The molecule has 6 nitrogen and oxygen atoms in total. The molecule has 5 rings (SSSR count). The van der Waals surface area contributed by atoms with Crippen molar-refractivity contribution in [1.29, 1.82) is 0 Å². The zero-order valence-electron chi connectivity index (χ0n) is 18.2. The molecular formula is C26H26N6S. The number of pyridine rings is 2. The van der Waals surface area contributed by atoms with E-state index in [0.29, 0.717) is 0 Å². The van der Waals surface area contributed by atoms with Crippen LogP contribution in [0.4, 0.5) is 5.69 Å². The SMILES string of the molecule is S=C1NC(c2ccccn2)C(c2cccn2-c2ccncc2)N1CCCNc1ccccc1. The summed E-state index contributed by atoms with van der Waals surface area (Å²) < 4.78 is 2.22. The van der Waals surface area contributed by atoms with E-state index in [1.54, 1.807) is 0 Å². The molecule has 0 bridgehead atoms. The van der Waals surface area contributed by atoms with Crippen molar-refractivity contribution >= 4 is 23.0 Å². The Morgan fingerprint density at radius 2 is 1.73 bits per heavy atom. The molecular weight excluding hydrogens is 428 g/mol. The summed E-state index contributed by atoms with van der Waals surface area (Å²) >= 11 is 5.82. The van der Waals surface area contributed by atoms with Crippen LogP contribution in [0.15, 0.2) is 97.6 Å². The topological polar surface area (TPSA) is 58.0 Å². The van der Waals surface area contributed by atoms with Gasteiger partial charge in [-0.15, -0.1) is 0 Å². The molecule has 2 atom stereocenters. The van der Waals surface area contributed by atoms with Crippen LogP contribution < -0.4 is 10.6 Å². The Hall–Kier alpha value is -3.71. The summed E-state index contributed by atoms with van der Waals surface area (Å²) in [5.41, 5.74) is 4.36. The summed E-state index contributed by atoms with van der Waals surface area (Å²) in [5.74, 6) is 0. The maximum absolute atomic E-state index is 5.82. The summed E-state index contributed by atoms with van der Waals surface area (Å²) in [6, 6.07) is 24.6. The smallest absolute Gasteiger partial charge is 0.170 e. The first kappa shape index (κ1) is 21.2. The highest BCUT2D eigenvalue weighted by molar-refractivity contribution is 7.80. The fourth-order valence-electron chi connectivity index (χ4n) is 4.38. The van der Waals surface area contributed by atoms with Gasteiger partial charge in [-0.25, -0.2) is 0 Å². The predicted molar refractivity (Wildman–Crippen MR) is 135 cm³/mol. The number of thiocarbonyl (C=S) groups is 1. The molecule has 3 aromatic heterocycles. The lowest BCUT2D eigenvalue weighted by molar-refractivity contribution is 0.307. The molecule has 33 heavy (non-hydrogen) atoms. The summed E-state index contributed by atoms with van der Waals surface area (Å²) in [7, 11) is 0. The normalized spacial score (nSPS) is 17.7. The van der Waals surface area contributed by atoms with Crippen LogP contribution in [0, 0.1) is 0 Å². The standard InChI is InChI=1S/C26H26N6S/c33-26-30-24(22-10-4-5-14-29-22)25(23-11-6-18-31(23)21-12-16-27-17-13-21)32(26)19-7-15-28-20-8-2-1-3-9-20/h1-6,8-14,16-18,24-25,28H,7,15,19H2,(H,30,33). The number of hydrogen-bond acceptors (Lipinski definition) is 4. The monoisotopic (exact) mass is 454 g/mol. The van der Waals surface area contributed by atoms with Gasteiger partial charge in [0.25, 0.3) is 0 Å². The third-order valence-electron chi connectivity index (χ3n) is 5.90. The molecule has 2 unspecified atom stereocenters. The average Bonchev–Trinajstić information content (AvgIpc) is 3.48. The van der Waals surface area contributed by atoms with E-state index in [9.17, 15) is 0 Å². The van der Waals surface area contributed by atoms with Crippen molar-refractivity contribution in [3.63, 3.8) is 0 Å². The van der Waals surface area contributed by atoms with E-state index in [0.717, 1.165) is 41.7 Å². The molecule has 7 heteroatoms. The molecule has 0 aliphatic carbocycles. The van der Waals surface area contributed by atoms with Crippen LogP contribution in [0.2, 0.25) is 0 Å². The van der Waals surface area contributed by atoms with E-state index in [4.69, 9.17) is 12.2 Å². The summed E-state index contributed by atoms with van der Waals surface area (Å²) in [4.78, 5) is 11.1. The van der Waals surface area contributed by atoms with Crippen molar-refractivity contribution in [2.45, 2.75) is 18.5 Å². The van der Waals surface area contributed by atoms with E-state index in [1.165, 1.54) is 5.69 Å². The van der Waals surface area contributed by atoms with E-state index in [-0.39, 0.29) is 12.1 Å². The number of nitrogens with one attached hydrogen (secondary N) is 2. The maximum Gasteiger partial charge on any atom is 0.170 e. The highest BCUT2D eigenvalue weighted by Crippen LogP contribution is 2.39. The minimum absolute atomic E-state index is 0.0206. The van der Waals surface area contributed by atoms with Crippen LogP contribution >= 0.6 is 12.2 Å². The molecule has 0 amide bonds. The lowest BCUT2D eigenvalue weighted by atomic mass is 10.0. The summed E-state index contributed by atoms with van der Waals surface area (Å²) in [6.07, 6.45) is 8.53. The third-order valence-corrected chi connectivity index (χ3v) is 6.25. The van der Waals surface area contributed by atoms with Gasteiger partial charge in [0.15, 0.2) is 5.11 Å². The van der Waals surface area contributed by atoms with Crippen molar-refractivity contribution < 1.29 is 0 Å². The molecule has 1 saturated heterocycles. The highest BCUT2D eigenvalue weighted by Gasteiger charge is 2.40. The maximum atomic E-state index is 5.82. The second kappa shape index (κ2) is 9.83. The Labute approximate surface area is 199 Å². The van der Waals surface area contributed by atoms with Crippen molar-refractivity contribution in [1.82, 2.24) is 24.8 Å². The van der Waals surface area contributed by atoms with E-state index in [2.05, 4.69) is 66.6 Å². The van der Waals surface area contributed by atoms with Crippen LogP contribution in [0.5, 0.6) is 0 Å². The zero-order valence-corrected chi connectivity index (χ0v) is 19.0. The van der Waals surface area contributed by atoms with Crippen molar-refractivity contribution in [3.05, 3.63) is 109 Å². The van der Waals surface area contributed by atoms with Crippen LogP contribution in [0.25, 0.3) is 5.69 Å². The van der Waals surface area contributed by atoms with Gasteiger partial charge in [-0.1, -0.05) is 24.3 Å². The second-order valence-electron chi connectivity index (χ2n) is 7.97. The molecule has 1 aliphatic heterocycles. The minimum Gasteiger partial charge on any atom is -0.385 e. The van der Waals surface area contributed by atoms with E-state index >= 15 is 0 Å². The lowest BCUT2D eigenvalue weighted by Crippen LogP contribution is -2.32. The average molecular weight is 455 g/mol. The first-order valence-electron chi connectivity index (χ1n) is 11.2. The van der Waals surface area contributed by atoms with Gasteiger partial charge < -0.3 is 20.1 Å². The lowest BCUT2D eigenvalue weighted by Gasteiger charge is -2.29. The van der Waals surface area contributed by atoms with Crippen LogP contribution in [0.3, 0.4) is 0 Å². The van der Waals surface area contributed by atoms with Gasteiger partial charge in [0.1, 0.15) is 0 Å². The Morgan fingerprint density at radius 1 is 0.909 bits per heavy atom. The predicted octanol–water partition coefficient (Wildman–Crippen LogP) is 4.74. The van der Waals surface area contributed by atoms with Crippen LogP contribution in [-0.4, -0.2) is 37.6 Å². The molecule has 4 heterocycles. The van der Waals surface area contributed by atoms with Crippen molar-refractivity contribution in [2.75, 3.05) is 18.4 Å². The molecule has 0 radical (unpaired) electrons. The highest BCUT2D eigenvalue weighted by atomic mass is 32.1. The number of nitrogens with zero attached hydrogens (tertiary/aromatic N) is 4. The van der Waals surface area contributed by atoms with Crippen LogP contribution in [0.1, 0.15) is 29.9 Å². The first-order valence-corrected chi connectivity index (χ1v) is 11.6. The molecule has 0 spiro atoms. The van der Waals surface area contributed by atoms with Gasteiger partial charge >= 0.3 is 0 Å². The summed E-state index contributed by atoms with van der Waals surface area (Å²) in [6.45, 7) is 1.71. The second-order valence-corrected chi connectivity index (χ2v) is 8.36. The molecule has 1 aliphatic rings. The van der Waals surface area contributed by atoms with Gasteiger partial charge in [0.2, 0.25) is 0 Å². The van der Waals surface area contributed by atoms with Gasteiger partial charge in [-0.2, -0.15) is 0 Å². The molecule has 1 fully saturated rings. The van der Waals surface area contributed by atoms with E-state index < -0.39 is 0 Å². The van der Waals surface area contributed by atoms with Gasteiger partial charge in [-0.05, 0) is 67.2 Å². The van der Waals surface area contributed by atoms with Crippen molar-refractivity contribution in [2.24, 2.45) is 0 Å². The van der Waals surface area contributed by atoms with Crippen molar-refractivity contribution in [3.8, 4) is 5.69 Å². The number of rotatable bonds is 8. The van der Waals surface area contributed by atoms with Gasteiger partial charge in [-0.3, -0.25) is 9.97 Å². The number of benzene rings is 1. The number of para-hydroxylation sites is 1. The minimum atomic E-state index is -0.0312. The zero-order chi connectivity index (χ0) is 22.5. The molecule has 4 aromatic rings. The first-order chi connectivity index (χ1) is 16.3. The Balaban J connectivity index is 1.41. The molecule has 2 N–H and O–H groups in total. The fourth-order valence-corrected chi connectivity index (χ4v) is 4.71.